The maximum atomic E-state index is 12.9. The summed E-state index contributed by atoms with van der Waals surface area (Å²) >= 11 is 1.69. The highest BCUT2D eigenvalue weighted by atomic mass is 32.1. The van der Waals surface area contributed by atoms with Gasteiger partial charge in [0.2, 0.25) is 0 Å². The zero-order valence-corrected chi connectivity index (χ0v) is 16.6. The van der Waals surface area contributed by atoms with Crippen LogP contribution in [-0.4, -0.2) is 54.1 Å². The molecule has 3 aliphatic heterocycles. The van der Waals surface area contributed by atoms with Crippen molar-refractivity contribution in [1.82, 2.24) is 15.2 Å². The van der Waals surface area contributed by atoms with Gasteiger partial charge >= 0.3 is 6.61 Å². The van der Waals surface area contributed by atoms with Crippen LogP contribution >= 0.6 is 11.3 Å². The molecule has 3 aliphatic rings. The Morgan fingerprint density at radius 3 is 2.83 bits per heavy atom. The van der Waals surface area contributed by atoms with Crippen LogP contribution in [0.1, 0.15) is 33.8 Å². The number of ether oxygens (including phenoxy) is 1. The van der Waals surface area contributed by atoms with Crippen LogP contribution in [0.4, 0.5) is 13.9 Å². The number of aromatic nitrogens is 1. The monoisotopic (exact) mass is 420 g/mol. The number of thiazole rings is 1. The second-order valence-electron chi connectivity index (χ2n) is 7.70. The second-order valence-corrected chi connectivity index (χ2v) is 8.76. The number of carbonyl (C=O) groups excluding carboxylic acids is 1. The van der Waals surface area contributed by atoms with Crippen LogP contribution in [0.2, 0.25) is 0 Å². The molecule has 2 bridgehead atoms. The zero-order chi connectivity index (χ0) is 20.0. The lowest BCUT2D eigenvalue weighted by Gasteiger charge is -2.35. The molecule has 9 heteroatoms. The lowest BCUT2D eigenvalue weighted by molar-refractivity contribution is -0.0499. The highest BCUT2D eigenvalue weighted by Gasteiger charge is 2.39. The molecule has 5 rings (SSSR count). The van der Waals surface area contributed by atoms with E-state index in [1.165, 1.54) is 25.0 Å². The number of carbonyl (C=O) groups is 1. The minimum atomic E-state index is -2.91. The van der Waals surface area contributed by atoms with Gasteiger partial charge in [0.15, 0.2) is 5.13 Å². The number of amides is 1. The molecule has 29 heavy (non-hydrogen) atoms. The van der Waals surface area contributed by atoms with Crippen LogP contribution in [0, 0.1) is 0 Å². The summed E-state index contributed by atoms with van der Waals surface area (Å²) in [7, 11) is 0. The summed E-state index contributed by atoms with van der Waals surface area (Å²) in [4.78, 5) is 23.2. The molecule has 2 saturated heterocycles. The van der Waals surface area contributed by atoms with Crippen LogP contribution < -0.4 is 15.0 Å². The van der Waals surface area contributed by atoms with E-state index in [2.05, 4.69) is 15.0 Å². The van der Waals surface area contributed by atoms with Crippen molar-refractivity contribution in [3.63, 3.8) is 0 Å². The largest absolute Gasteiger partial charge is 0.435 e. The number of nitrogens with zero attached hydrogens (tertiary/aromatic N) is 3. The first-order chi connectivity index (χ1) is 14.1. The van der Waals surface area contributed by atoms with Crippen LogP contribution in [0.3, 0.4) is 0 Å². The number of fused-ring (bicyclic) bond motifs is 3. The maximum Gasteiger partial charge on any atom is 0.387 e. The molecule has 4 heterocycles. The third-order valence-electron chi connectivity index (χ3n) is 5.91. The maximum absolute atomic E-state index is 12.9. The smallest absolute Gasteiger partial charge is 0.387 e. The van der Waals surface area contributed by atoms with Crippen molar-refractivity contribution in [3.8, 4) is 5.75 Å². The molecular formula is C20H22F2N4O2S. The summed E-state index contributed by atoms with van der Waals surface area (Å²) in [6.45, 7) is 0.176. The summed E-state index contributed by atoms with van der Waals surface area (Å²) in [5.74, 6) is -0.176. The molecule has 2 unspecified atom stereocenters. The fourth-order valence-corrected chi connectivity index (χ4v) is 5.81. The number of nitrogens with one attached hydrogen (secondary N) is 1. The predicted octanol–water partition coefficient (Wildman–Crippen LogP) is 2.88. The second kappa shape index (κ2) is 7.53. The van der Waals surface area contributed by atoms with Crippen LogP contribution in [0.15, 0.2) is 24.3 Å². The normalized spacial score (nSPS) is 23.4. The minimum absolute atomic E-state index is 0.00203. The van der Waals surface area contributed by atoms with E-state index < -0.39 is 6.61 Å². The van der Waals surface area contributed by atoms with Crippen molar-refractivity contribution >= 4 is 22.4 Å². The van der Waals surface area contributed by atoms with Gasteiger partial charge in [-0.15, -0.1) is 0 Å². The summed E-state index contributed by atoms with van der Waals surface area (Å²) in [5, 5.41) is 4.56. The SMILES string of the molecule is O=C(c1cccc(OC(F)F)c1)N1CCc2nc(N3C4CCC3CNC4)sc2C1. The Balaban J connectivity index is 1.32. The number of anilines is 1. The van der Waals surface area contributed by atoms with Crippen molar-refractivity contribution in [2.24, 2.45) is 0 Å². The van der Waals surface area contributed by atoms with Crippen molar-refractivity contribution in [2.75, 3.05) is 24.5 Å². The topological polar surface area (TPSA) is 57.7 Å². The van der Waals surface area contributed by atoms with E-state index >= 15 is 0 Å². The lowest BCUT2D eigenvalue weighted by atomic mass is 10.1. The standard InChI is InChI=1S/C20H22F2N4O2S/c21-19(22)28-15-3-1-2-12(8-15)18(27)25-7-6-16-17(11-25)29-20(24-16)26-13-4-5-14(26)10-23-9-13/h1-3,8,13-14,19,23H,4-7,9-11H2. The average molecular weight is 420 g/mol. The summed E-state index contributed by atoms with van der Waals surface area (Å²) < 4.78 is 29.3. The molecule has 2 aromatic rings. The van der Waals surface area contributed by atoms with Gasteiger partial charge < -0.3 is 19.9 Å². The van der Waals surface area contributed by atoms with Gasteiger partial charge in [-0.2, -0.15) is 8.78 Å². The lowest BCUT2D eigenvalue weighted by Crippen LogP contribution is -2.51. The fourth-order valence-electron chi connectivity index (χ4n) is 4.54. The van der Waals surface area contributed by atoms with Gasteiger partial charge in [-0.25, -0.2) is 4.98 Å². The Bertz CT molecular complexity index is 906. The number of rotatable bonds is 4. The average Bonchev–Trinajstić information content (AvgIpc) is 3.23. The third kappa shape index (κ3) is 3.57. The number of alkyl halides is 2. The van der Waals surface area contributed by atoms with Gasteiger partial charge in [-0.05, 0) is 31.0 Å². The number of hydrogen-bond donors (Lipinski definition) is 1. The first kappa shape index (κ1) is 18.7. The summed E-state index contributed by atoms with van der Waals surface area (Å²) in [6, 6.07) is 7.01. The molecule has 6 nitrogen and oxygen atoms in total. The van der Waals surface area contributed by atoms with Crippen LogP contribution in [0.25, 0.3) is 0 Å². The number of benzene rings is 1. The van der Waals surface area contributed by atoms with Crippen LogP contribution in [-0.2, 0) is 13.0 Å². The van der Waals surface area contributed by atoms with Gasteiger partial charge in [0.05, 0.1) is 12.2 Å². The van der Waals surface area contributed by atoms with Gasteiger partial charge in [-0.3, -0.25) is 4.79 Å². The molecular weight excluding hydrogens is 398 g/mol. The van der Waals surface area contributed by atoms with Gasteiger partial charge in [0.25, 0.3) is 5.91 Å². The molecule has 0 radical (unpaired) electrons. The number of halogens is 2. The first-order valence-electron chi connectivity index (χ1n) is 9.90. The third-order valence-corrected chi connectivity index (χ3v) is 7.01. The molecule has 0 spiro atoms. The molecule has 0 aliphatic carbocycles. The van der Waals surface area contributed by atoms with E-state index in [4.69, 9.17) is 4.98 Å². The molecule has 1 N–H and O–H groups in total. The van der Waals surface area contributed by atoms with E-state index in [0.29, 0.717) is 37.2 Å². The Kier molecular flexibility index (Phi) is 4.87. The molecule has 1 aromatic heterocycles. The zero-order valence-electron chi connectivity index (χ0n) is 15.8. The van der Waals surface area contributed by atoms with Gasteiger partial charge in [-0.1, -0.05) is 17.4 Å². The van der Waals surface area contributed by atoms with E-state index in [9.17, 15) is 13.6 Å². The van der Waals surface area contributed by atoms with Crippen molar-refractivity contribution in [3.05, 3.63) is 40.4 Å². The van der Waals surface area contributed by atoms with E-state index in [0.717, 1.165) is 28.8 Å². The number of piperazine rings is 1. The van der Waals surface area contributed by atoms with Crippen molar-refractivity contribution < 1.29 is 18.3 Å². The first-order valence-corrected chi connectivity index (χ1v) is 10.7. The minimum Gasteiger partial charge on any atom is -0.435 e. The molecule has 0 saturated carbocycles. The van der Waals surface area contributed by atoms with E-state index in [-0.39, 0.29) is 11.7 Å². The molecule has 1 amide bonds. The summed E-state index contributed by atoms with van der Waals surface area (Å²) in [5.41, 5.74) is 1.44. The fraction of sp³-hybridized carbons (Fsp3) is 0.500. The Morgan fingerprint density at radius 1 is 1.28 bits per heavy atom. The Morgan fingerprint density at radius 2 is 2.07 bits per heavy atom. The quantitative estimate of drug-likeness (QED) is 0.824. The summed E-state index contributed by atoms with van der Waals surface area (Å²) in [6.07, 6.45) is 3.11. The molecule has 2 fully saturated rings. The molecule has 1 aromatic carbocycles. The van der Waals surface area contributed by atoms with Crippen molar-refractivity contribution in [2.45, 2.75) is 44.5 Å². The van der Waals surface area contributed by atoms with E-state index in [1.807, 2.05) is 0 Å². The highest BCUT2D eigenvalue weighted by Crippen LogP contribution is 2.38. The van der Waals surface area contributed by atoms with Crippen molar-refractivity contribution in [1.29, 1.82) is 0 Å². The van der Waals surface area contributed by atoms with Crippen LogP contribution in [0.5, 0.6) is 5.75 Å². The molecule has 2 atom stereocenters. The Labute approximate surface area is 171 Å². The predicted molar refractivity (Wildman–Crippen MR) is 106 cm³/mol. The molecule has 154 valence electrons. The van der Waals surface area contributed by atoms with E-state index in [1.54, 1.807) is 28.4 Å². The number of hydrogen-bond acceptors (Lipinski definition) is 6. The van der Waals surface area contributed by atoms with Gasteiger partial charge in [0, 0.05) is 48.6 Å². The highest BCUT2D eigenvalue weighted by molar-refractivity contribution is 7.15. The Hall–Kier alpha value is -2.26. The van der Waals surface area contributed by atoms with Gasteiger partial charge in [0.1, 0.15) is 5.75 Å².